The highest BCUT2D eigenvalue weighted by Gasteiger charge is 2.16. The monoisotopic (exact) mass is 206 g/mol. The molecule has 0 aliphatic rings. The first-order valence-electron chi connectivity index (χ1n) is 4.90. The highest BCUT2D eigenvalue weighted by Crippen LogP contribution is 2.24. The average molecular weight is 206 g/mol. The number of nitrogens with two attached hydrogens (primary N) is 1. The molecule has 0 spiro atoms. The molecule has 0 unspecified atom stereocenters. The third-order valence-corrected chi connectivity index (χ3v) is 2.24. The summed E-state index contributed by atoms with van der Waals surface area (Å²) < 4.78 is 6.92. The Hall–Kier alpha value is -1.62. The van der Waals surface area contributed by atoms with Gasteiger partial charge < -0.3 is 10.2 Å². The molecular formula is C10H14N4O. The number of hydrogen-bond donors (Lipinski definition) is 1. The van der Waals surface area contributed by atoms with Crippen LogP contribution in [0.25, 0.3) is 11.3 Å². The summed E-state index contributed by atoms with van der Waals surface area (Å²) in [5.41, 5.74) is 8.33. The molecular weight excluding hydrogens is 192 g/mol. The maximum Gasteiger partial charge on any atom is 0.104 e. The van der Waals surface area contributed by atoms with E-state index in [1.54, 1.807) is 12.5 Å². The van der Waals surface area contributed by atoms with Crippen molar-refractivity contribution in [3.05, 3.63) is 24.3 Å². The highest BCUT2D eigenvalue weighted by molar-refractivity contribution is 5.60. The molecule has 0 aliphatic carbocycles. The fourth-order valence-corrected chi connectivity index (χ4v) is 1.52. The fourth-order valence-electron chi connectivity index (χ4n) is 1.52. The van der Waals surface area contributed by atoms with E-state index >= 15 is 0 Å². The summed E-state index contributed by atoms with van der Waals surface area (Å²) in [6.45, 7) is 4.49. The van der Waals surface area contributed by atoms with Crippen LogP contribution in [-0.4, -0.2) is 15.0 Å². The second-order valence-electron chi connectivity index (χ2n) is 3.64. The lowest BCUT2D eigenvalue weighted by atomic mass is 10.2. The molecule has 0 atom stereocenters. The molecule has 2 heterocycles. The lowest BCUT2D eigenvalue weighted by Gasteiger charge is -2.08. The topological polar surface area (TPSA) is 69.9 Å². The molecule has 0 bridgehead atoms. The van der Waals surface area contributed by atoms with E-state index < -0.39 is 0 Å². The summed E-state index contributed by atoms with van der Waals surface area (Å²) in [5, 5.41) is 8.15. The van der Waals surface area contributed by atoms with Crippen LogP contribution in [0.3, 0.4) is 0 Å². The predicted octanol–water partition coefficient (Wildman–Crippen LogP) is 1.58. The van der Waals surface area contributed by atoms with Gasteiger partial charge >= 0.3 is 0 Å². The zero-order valence-electron chi connectivity index (χ0n) is 8.84. The summed E-state index contributed by atoms with van der Waals surface area (Å²) in [6.07, 6.45) is 3.31. The molecule has 2 aromatic heterocycles. The van der Waals surface area contributed by atoms with Crippen molar-refractivity contribution in [3.63, 3.8) is 0 Å². The van der Waals surface area contributed by atoms with E-state index in [0.29, 0.717) is 6.54 Å². The Bertz CT molecular complexity index is 430. The highest BCUT2D eigenvalue weighted by atomic mass is 16.3. The Morgan fingerprint density at radius 3 is 2.87 bits per heavy atom. The molecule has 2 N–H and O–H groups in total. The molecule has 0 saturated carbocycles. The molecule has 2 aromatic rings. The number of hydrogen-bond acceptors (Lipinski definition) is 4. The van der Waals surface area contributed by atoms with E-state index in [2.05, 4.69) is 24.2 Å². The first kappa shape index (κ1) is 9.92. The van der Waals surface area contributed by atoms with Crippen molar-refractivity contribution in [3.8, 4) is 11.3 Å². The first-order valence-corrected chi connectivity index (χ1v) is 4.90. The van der Waals surface area contributed by atoms with Gasteiger partial charge in [-0.15, -0.1) is 5.10 Å². The Labute approximate surface area is 87.9 Å². The molecule has 0 aliphatic heterocycles. The zero-order chi connectivity index (χ0) is 10.8. The zero-order valence-corrected chi connectivity index (χ0v) is 8.84. The summed E-state index contributed by atoms with van der Waals surface area (Å²) in [4.78, 5) is 0. The maximum absolute atomic E-state index is 5.62. The van der Waals surface area contributed by atoms with Gasteiger partial charge in [-0.2, -0.15) is 0 Å². The van der Waals surface area contributed by atoms with Crippen molar-refractivity contribution in [2.24, 2.45) is 5.73 Å². The minimum absolute atomic E-state index is 0.252. The van der Waals surface area contributed by atoms with Gasteiger partial charge in [0, 0.05) is 18.2 Å². The SMILES string of the molecule is CC(C)n1nnc(CN)c1-c1ccoc1. The summed E-state index contributed by atoms with van der Waals surface area (Å²) >= 11 is 0. The predicted molar refractivity (Wildman–Crippen MR) is 56.0 cm³/mol. The van der Waals surface area contributed by atoms with Crippen LogP contribution in [0.5, 0.6) is 0 Å². The van der Waals surface area contributed by atoms with E-state index in [0.717, 1.165) is 17.0 Å². The second kappa shape index (κ2) is 3.86. The normalized spacial score (nSPS) is 11.2. The molecule has 80 valence electrons. The van der Waals surface area contributed by atoms with Gasteiger partial charge in [0.25, 0.3) is 0 Å². The molecule has 0 fully saturated rings. The number of aromatic nitrogens is 3. The van der Waals surface area contributed by atoms with Crippen LogP contribution in [0.15, 0.2) is 23.0 Å². The van der Waals surface area contributed by atoms with Gasteiger partial charge in [0.05, 0.1) is 18.2 Å². The van der Waals surface area contributed by atoms with Gasteiger partial charge in [0.15, 0.2) is 0 Å². The molecule has 0 saturated heterocycles. The molecule has 0 aromatic carbocycles. The van der Waals surface area contributed by atoms with Crippen LogP contribution in [0.1, 0.15) is 25.6 Å². The van der Waals surface area contributed by atoms with Crippen LogP contribution in [0.2, 0.25) is 0 Å². The van der Waals surface area contributed by atoms with E-state index in [1.165, 1.54) is 0 Å². The lowest BCUT2D eigenvalue weighted by molar-refractivity contribution is 0.518. The quantitative estimate of drug-likeness (QED) is 0.827. The fraction of sp³-hybridized carbons (Fsp3) is 0.400. The molecule has 5 heteroatoms. The lowest BCUT2D eigenvalue weighted by Crippen LogP contribution is -2.06. The first-order chi connectivity index (χ1) is 7.24. The second-order valence-corrected chi connectivity index (χ2v) is 3.64. The van der Waals surface area contributed by atoms with E-state index in [4.69, 9.17) is 10.2 Å². The minimum Gasteiger partial charge on any atom is -0.472 e. The van der Waals surface area contributed by atoms with Crippen molar-refractivity contribution in [2.45, 2.75) is 26.4 Å². The minimum atomic E-state index is 0.252. The van der Waals surface area contributed by atoms with Crippen molar-refractivity contribution >= 4 is 0 Å². The van der Waals surface area contributed by atoms with Crippen molar-refractivity contribution in [1.29, 1.82) is 0 Å². The number of nitrogens with zero attached hydrogens (tertiary/aromatic N) is 3. The third-order valence-electron chi connectivity index (χ3n) is 2.24. The summed E-state index contributed by atoms with van der Waals surface area (Å²) in [7, 11) is 0. The van der Waals surface area contributed by atoms with Crippen LogP contribution < -0.4 is 5.73 Å². The number of rotatable bonds is 3. The molecule has 0 radical (unpaired) electrons. The molecule has 5 nitrogen and oxygen atoms in total. The third kappa shape index (κ3) is 1.66. The van der Waals surface area contributed by atoms with Gasteiger partial charge in [0.2, 0.25) is 0 Å². The average Bonchev–Trinajstić information content (AvgIpc) is 2.85. The van der Waals surface area contributed by atoms with Gasteiger partial charge in [-0.05, 0) is 19.9 Å². The van der Waals surface area contributed by atoms with E-state index in [9.17, 15) is 0 Å². The van der Waals surface area contributed by atoms with Gasteiger partial charge in [0.1, 0.15) is 5.69 Å². The maximum atomic E-state index is 5.62. The van der Waals surface area contributed by atoms with Gasteiger partial charge in [-0.25, -0.2) is 4.68 Å². The molecule has 2 rings (SSSR count). The van der Waals surface area contributed by atoms with Crippen LogP contribution in [-0.2, 0) is 6.54 Å². The Morgan fingerprint density at radius 1 is 1.53 bits per heavy atom. The number of furan rings is 1. The van der Waals surface area contributed by atoms with Gasteiger partial charge in [-0.3, -0.25) is 0 Å². The van der Waals surface area contributed by atoms with Crippen LogP contribution in [0.4, 0.5) is 0 Å². The Kier molecular flexibility index (Phi) is 2.55. The van der Waals surface area contributed by atoms with Gasteiger partial charge in [-0.1, -0.05) is 5.21 Å². The summed E-state index contributed by atoms with van der Waals surface area (Å²) in [5.74, 6) is 0. The van der Waals surface area contributed by atoms with Crippen LogP contribution in [0, 0.1) is 0 Å². The standard InChI is InChI=1S/C10H14N4O/c1-7(2)14-10(8-3-4-15-6-8)9(5-11)12-13-14/h3-4,6-7H,5,11H2,1-2H3. The van der Waals surface area contributed by atoms with Crippen molar-refractivity contribution in [1.82, 2.24) is 15.0 Å². The summed E-state index contributed by atoms with van der Waals surface area (Å²) in [6, 6.07) is 2.14. The Morgan fingerprint density at radius 2 is 2.33 bits per heavy atom. The molecule has 15 heavy (non-hydrogen) atoms. The smallest absolute Gasteiger partial charge is 0.104 e. The Balaban J connectivity index is 2.56. The molecule has 0 amide bonds. The van der Waals surface area contributed by atoms with Crippen molar-refractivity contribution in [2.75, 3.05) is 0 Å². The van der Waals surface area contributed by atoms with E-state index in [1.807, 2.05) is 10.7 Å². The van der Waals surface area contributed by atoms with Crippen LogP contribution >= 0.6 is 0 Å². The van der Waals surface area contributed by atoms with Crippen molar-refractivity contribution < 1.29 is 4.42 Å². The largest absolute Gasteiger partial charge is 0.472 e. The van der Waals surface area contributed by atoms with E-state index in [-0.39, 0.29) is 6.04 Å².